The predicted octanol–water partition coefficient (Wildman–Crippen LogP) is -26.1. The van der Waals surface area contributed by atoms with Gasteiger partial charge in [0.1, 0.15) is 40.5 Å². The molecule has 0 radical (unpaired) electrons. The fraction of sp³-hybridized carbons (Fsp3) is 0.500. The zero-order chi connectivity index (χ0) is 60.2. The molecule has 0 spiro atoms. The molecule has 0 saturated carbocycles. The molecule has 4 fully saturated rings. The molecule has 0 aromatic carbocycles. The van der Waals surface area contributed by atoms with Gasteiger partial charge < -0.3 is 51.7 Å². The summed E-state index contributed by atoms with van der Waals surface area (Å²) in [5.41, 5.74) is 0. The summed E-state index contributed by atoms with van der Waals surface area (Å²) < 4.78 is 334. The summed E-state index contributed by atoms with van der Waals surface area (Å²) in [5, 5.41) is -11.0. The molecule has 4 N–H and O–H groups in total. The van der Waals surface area contributed by atoms with Crippen LogP contribution in [0.4, 0.5) is 0 Å². The maximum absolute atomic E-state index is 11.1. The van der Waals surface area contributed by atoms with Crippen LogP contribution in [-0.2, 0) is 195 Å². The van der Waals surface area contributed by atoms with Crippen molar-refractivity contribution in [1.29, 1.82) is 0 Å². The van der Waals surface area contributed by atoms with E-state index in [4.69, 9.17) is 0 Å². The Labute approximate surface area is 536 Å². The molecule has 4 aliphatic rings. The van der Waals surface area contributed by atoms with E-state index in [-0.39, 0.29) is 118 Å². The van der Waals surface area contributed by atoms with E-state index in [0.29, 0.717) is 16.5 Å². The van der Waals surface area contributed by atoms with Gasteiger partial charge in [-0.25, -0.2) is 52.8 Å². The topological polar surface area (TPSA) is 760 Å². The molecular weight excluding hydrogens is 1430 g/mol. The van der Waals surface area contributed by atoms with Crippen molar-refractivity contribution in [3.05, 3.63) is 0 Å². The molecular formula is C16H16N4Na4O44S12. The van der Waals surface area contributed by atoms with E-state index in [1.54, 1.807) is 0 Å². The van der Waals surface area contributed by atoms with Crippen molar-refractivity contribution in [3.8, 4) is 0 Å². The number of hydrogen-bond acceptors (Lipinski definition) is 44. The minimum absolute atomic E-state index is 0. The van der Waals surface area contributed by atoms with Crippen LogP contribution in [0.25, 0.3) is 0 Å². The first kappa shape index (κ1) is 85.3. The molecule has 0 aliphatic carbocycles. The Morgan fingerprint density at radius 2 is 0.388 bits per heavy atom. The van der Waals surface area contributed by atoms with Gasteiger partial charge in [-0.1, -0.05) is 0 Å². The van der Waals surface area contributed by atoms with Gasteiger partial charge in [0, 0.05) is 0 Å². The average molecular weight is 1450 g/mol. The molecule has 4 heterocycles. The summed E-state index contributed by atoms with van der Waals surface area (Å²) in [6.45, 7) is 0. The van der Waals surface area contributed by atoms with E-state index in [9.17, 15) is 158 Å². The van der Waals surface area contributed by atoms with Gasteiger partial charge in [-0.2, -0.15) is 67.3 Å². The molecule has 4 rings (SSSR count). The second-order valence-electron chi connectivity index (χ2n) is 12.1. The molecule has 0 amide bonds. The molecule has 0 bridgehead atoms. The first-order valence-electron chi connectivity index (χ1n) is 16.0. The minimum atomic E-state index is -5.46. The molecule has 64 heteroatoms. The van der Waals surface area contributed by atoms with E-state index in [2.05, 4.69) is 33.5 Å². The third kappa shape index (κ3) is 31.3. The van der Waals surface area contributed by atoms with E-state index in [1.807, 2.05) is 0 Å². The van der Waals surface area contributed by atoms with Gasteiger partial charge in [-0.3, -0.25) is 19.2 Å². The number of carbonyl (C=O) groups is 8. The Kier molecular flexibility index (Phi) is 32.5. The molecule has 4 atom stereocenters. The van der Waals surface area contributed by atoms with E-state index < -0.39 is 217 Å². The number of carbonyl (C=O) groups excluding carboxylic acids is 8. The van der Waals surface area contributed by atoms with Crippen LogP contribution in [0.3, 0.4) is 0 Å². The Bertz CT molecular complexity index is 3380. The Hall–Kier alpha value is -1.16. The van der Waals surface area contributed by atoms with Crippen LogP contribution in [0.2, 0.25) is 0 Å². The van der Waals surface area contributed by atoms with Gasteiger partial charge in [0.15, 0.2) is 21.0 Å². The largest absolute Gasteiger partial charge is 1.00 e. The van der Waals surface area contributed by atoms with Crippen LogP contribution < -0.4 is 135 Å². The normalized spacial score (nSPS) is 25.9. The van der Waals surface area contributed by atoms with Crippen LogP contribution in [0, 0.1) is 0 Å². The van der Waals surface area contributed by atoms with Crippen molar-refractivity contribution in [2.24, 2.45) is 0 Å². The van der Waals surface area contributed by atoms with Crippen LogP contribution in [0.15, 0.2) is 0 Å². The van der Waals surface area contributed by atoms with Crippen molar-refractivity contribution in [1.82, 2.24) is 16.5 Å². The Morgan fingerprint density at radius 1 is 0.275 bits per heavy atom. The van der Waals surface area contributed by atoms with Crippen molar-refractivity contribution >= 4 is 171 Å². The molecule has 4 unspecified atom stereocenters. The van der Waals surface area contributed by atoms with E-state index in [1.165, 1.54) is 0 Å². The fourth-order valence-electron chi connectivity index (χ4n) is 3.73. The molecule has 4 saturated heterocycles. The monoisotopic (exact) mass is 1440 g/mol. The third-order valence-corrected chi connectivity index (χ3v) is 20.2. The van der Waals surface area contributed by atoms with Crippen molar-refractivity contribution in [2.45, 2.75) is 46.7 Å². The molecule has 0 aromatic heterocycles. The summed E-state index contributed by atoms with van der Waals surface area (Å²) in [4.78, 5) is 88.3. The second-order valence-corrected chi connectivity index (χ2v) is 29.6. The van der Waals surface area contributed by atoms with Gasteiger partial charge in [-0.15, -0.1) is 0 Å². The number of nitrogens with one attached hydrogen (secondary N) is 4. The standard InChI is InChI=1S/4C4H5NO11S3.4Na/c4*6-3-1-2(17(8,9)10)4(7)16-19(13,14)5-18(11,12)15-3;;;;/h4*2,5H,1H2,(H,8,9,10);;;;/q;;;;4*+1/p-4. The van der Waals surface area contributed by atoms with E-state index >= 15 is 0 Å². The SMILES string of the molecule is O=C1CC(S(=O)(=O)[O-])C(=O)OS(=O)(=O)NS(=O)(=O)O1.O=C1CC(S(=O)(=O)[O-])C(=O)OS(=O)(=O)NS(=O)(=O)O1.O=C1CC(S(=O)(=O)[O-])C(=O)OS(=O)(=O)NS(=O)(=O)O1.O=C1CC(S(=O)(=O)[O-])C(=O)OS(=O)(=O)NS(=O)(=O)O1.[Na+].[Na+].[Na+].[Na+]. The zero-order valence-electron chi connectivity index (χ0n) is 38.0. The van der Waals surface area contributed by atoms with Crippen LogP contribution in [-0.4, -0.2) is 188 Å². The quantitative estimate of drug-likeness (QED) is 0.150. The van der Waals surface area contributed by atoms with E-state index in [0.717, 1.165) is 0 Å². The molecule has 440 valence electrons. The van der Waals surface area contributed by atoms with Gasteiger partial charge in [0.2, 0.25) is 0 Å². The van der Waals surface area contributed by atoms with Crippen molar-refractivity contribution in [3.63, 3.8) is 0 Å². The summed E-state index contributed by atoms with van der Waals surface area (Å²) in [7, 11) is -63.8. The number of hydrogen-bond donors (Lipinski definition) is 4. The predicted molar refractivity (Wildman–Crippen MR) is 205 cm³/mol. The molecule has 48 nitrogen and oxygen atoms in total. The average Bonchev–Trinajstić information content (AvgIpc) is 3.17. The molecule has 80 heavy (non-hydrogen) atoms. The smallest absolute Gasteiger partial charge is 0.747 e. The van der Waals surface area contributed by atoms with Crippen LogP contribution >= 0.6 is 0 Å². The maximum atomic E-state index is 11.1. The van der Waals surface area contributed by atoms with Crippen LogP contribution in [0.5, 0.6) is 0 Å². The van der Waals surface area contributed by atoms with Gasteiger partial charge in [0.25, 0.3) is 0 Å². The summed E-state index contributed by atoms with van der Waals surface area (Å²) >= 11 is 0. The Balaban J connectivity index is -0.000000473. The van der Waals surface area contributed by atoms with Crippen molar-refractivity contribution in [2.75, 3.05) is 0 Å². The summed E-state index contributed by atoms with van der Waals surface area (Å²) in [6.07, 6.45) is -6.05. The Morgan fingerprint density at radius 3 is 0.500 bits per heavy atom. The summed E-state index contributed by atoms with van der Waals surface area (Å²) in [5.74, 6) is -15.8. The molecule has 4 aliphatic heterocycles. The third-order valence-electron chi connectivity index (χ3n) is 6.25. The van der Waals surface area contributed by atoms with Crippen LogP contribution in [0.1, 0.15) is 25.7 Å². The molecule has 0 aromatic rings. The first-order chi connectivity index (χ1) is 33.3. The van der Waals surface area contributed by atoms with Gasteiger partial charge in [0.05, 0.1) is 25.7 Å². The second kappa shape index (κ2) is 30.5. The first-order valence-corrected chi connectivity index (χ1v) is 33.2. The maximum Gasteiger partial charge on any atom is 1.00 e. The summed E-state index contributed by atoms with van der Waals surface area (Å²) in [6, 6.07) is 0. The van der Waals surface area contributed by atoms with Gasteiger partial charge in [-0.05, 0) is 16.5 Å². The fourth-order valence-corrected chi connectivity index (χ4v) is 14.1. The number of rotatable bonds is 4. The van der Waals surface area contributed by atoms with Gasteiger partial charge >= 0.3 is 248 Å². The zero-order valence-corrected chi connectivity index (χ0v) is 55.8. The minimum Gasteiger partial charge on any atom is -0.747 e. The van der Waals surface area contributed by atoms with Crippen molar-refractivity contribution < 1.29 is 309 Å².